The molecule has 0 bridgehead atoms. The summed E-state index contributed by atoms with van der Waals surface area (Å²) in [6.45, 7) is 3.93. The number of carbonyl (C=O) groups is 1. The second-order valence-electron chi connectivity index (χ2n) is 4.75. The Balaban J connectivity index is 2.47. The van der Waals surface area contributed by atoms with Crippen molar-refractivity contribution in [2.24, 2.45) is 0 Å². The Labute approximate surface area is 99.1 Å². The highest BCUT2D eigenvalue weighted by molar-refractivity contribution is 5.87. The van der Waals surface area contributed by atoms with E-state index in [9.17, 15) is 4.79 Å². The third-order valence-electron chi connectivity index (χ3n) is 3.11. The normalized spacial score (nSPS) is 22.0. The molecule has 0 aromatic carbocycles. The molecule has 0 N–H and O–H groups in total. The first-order chi connectivity index (χ1) is 7.65. The van der Waals surface area contributed by atoms with Crippen molar-refractivity contribution < 1.29 is 4.79 Å². The molecule has 0 spiro atoms. The van der Waals surface area contributed by atoms with Crippen LogP contribution in [0.3, 0.4) is 0 Å². The van der Waals surface area contributed by atoms with Gasteiger partial charge in [0.15, 0.2) is 0 Å². The van der Waals surface area contributed by atoms with Gasteiger partial charge in [-0.25, -0.2) is 0 Å². The maximum Gasteiger partial charge on any atom is 0.246 e. The third-order valence-corrected chi connectivity index (χ3v) is 3.11. The van der Waals surface area contributed by atoms with Gasteiger partial charge in [0.05, 0.1) is 0 Å². The van der Waals surface area contributed by atoms with Gasteiger partial charge >= 0.3 is 0 Å². The standard InChI is InChI=1S/C13H24N2O/c1-4-12-8-5-6-11-15(12)13(16)9-7-10-14(2)3/h7,9,12H,4-6,8,10-11H2,1-3H3/b9-7+. The molecular formula is C13H24N2O. The van der Waals surface area contributed by atoms with Crippen LogP contribution in [0.2, 0.25) is 0 Å². The molecule has 16 heavy (non-hydrogen) atoms. The maximum absolute atomic E-state index is 12.0. The second kappa shape index (κ2) is 6.69. The molecule has 0 aromatic rings. The zero-order chi connectivity index (χ0) is 12.0. The predicted octanol–water partition coefficient (Wildman–Crippen LogP) is 1.90. The highest BCUT2D eigenvalue weighted by Crippen LogP contribution is 2.19. The summed E-state index contributed by atoms with van der Waals surface area (Å²) in [7, 11) is 4.01. The van der Waals surface area contributed by atoms with Crippen LogP contribution in [0.25, 0.3) is 0 Å². The maximum atomic E-state index is 12.0. The molecule has 0 aliphatic carbocycles. The summed E-state index contributed by atoms with van der Waals surface area (Å²) < 4.78 is 0. The molecule has 0 saturated carbocycles. The first-order valence-corrected chi connectivity index (χ1v) is 6.27. The van der Waals surface area contributed by atoms with Gasteiger partial charge < -0.3 is 9.80 Å². The zero-order valence-electron chi connectivity index (χ0n) is 10.8. The van der Waals surface area contributed by atoms with Gasteiger partial charge in [-0.1, -0.05) is 13.0 Å². The van der Waals surface area contributed by atoms with Crippen molar-refractivity contribution >= 4 is 5.91 Å². The van der Waals surface area contributed by atoms with Crippen molar-refractivity contribution in [1.82, 2.24) is 9.80 Å². The van der Waals surface area contributed by atoms with Crippen molar-refractivity contribution in [1.29, 1.82) is 0 Å². The van der Waals surface area contributed by atoms with Gasteiger partial charge in [0.2, 0.25) is 5.91 Å². The van der Waals surface area contributed by atoms with E-state index >= 15 is 0 Å². The Morgan fingerprint density at radius 2 is 2.19 bits per heavy atom. The number of rotatable bonds is 4. The highest BCUT2D eigenvalue weighted by Gasteiger charge is 2.23. The average molecular weight is 224 g/mol. The molecule has 0 aromatic heterocycles. The van der Waals surface area contributed by atoms with Crippen LogP contribution in [0.15, 0.2) is 12.2 Å². The molecular weight excluding hydrogens is 200 g/mol. The quantitative estimate of drug-likeness (QED) is 0.681. The summed E-state index contributed by atoms with van der Waals surface area (Å²) in [5.74, 6) is 0.188. The van der Waals surface area contributed by atoms with Crippen molar-refractivity contribution in [3.05, 3.63) is 12.2 Å². The summed E-state index contributed by atoms with van der Waals surface area (Å²) in [6.07, 6.45) is 8.35. The van der Waals surface area contributed by atoms with Crippen molar-refractivity contribution in [3.63, 3.8) is 0 Å². The van der Waals surface area contributed by atoms with Gasteiger partial charge in [-0.15, -0.1) is 0 Å². The summed E-state index contributed by atoms with van der Waals surface area (Å²) in [4.78, 5) is 16.1. The third kappa shape index (κ3) is 3.97. The number of carbonyl (C=O) groups excluding carboxylic acids is 1. The van der Waals surface area contributed by atoms with E-state index in [2.05, 4.69) is 11.8 Å². The Bertz CT molecular complexity index is 248. The number of likely N-dealkylation sites (N-methyl/N-ethyl adjacent to an activating group) is 1. The van der Waals surface area contributed by atoms with Crippen LogP contribution in [-0.2, 0) is 4.79 Å². The zero-order valence-corrected chi connectivity index (χ0v) is 10.8. The Morgan fingerprint density at radius 1 is 1.44 bits per heavy atom. The minimum Gasteiger partial charge on any atom is -0.336 e. The molecule has 92 valence electrons. The van der Waals surface area contributed by atoms with Crippen LogP contribution in [-0.4, -0.2) is 48.9 Å². The van der Waals surface area contributed by atoms with Crippen LogP contribution in [0, 0.1) is 0 Å². The van der Waals surface area contributed by atoms with Gasteiger partial charge in [-0.2, -0.15) is 0 Å². The molecule has 1 atom stereocenters. The molecule has 3 nitrogen and oxygen atoms in total. The summed E-state index contributed by atoms with van der Waals surface area (Å²) >= 11 is 0. The first-order valence-electron chi connectivity index (χ1n) is 6.27. The summed E-state index contributed by atoms with van der Waals surface area (Å²) in [5.41, 5.74) is 0. The van der Waals surface area contributed by atoms with Gasteiger partial charge in [0, 0.05) is 25.2 Å². The summed E-state index contributed by atoms with van der Waals surface area (Å²) in [5, 5.41) is 0. The number of piperidine rings is 1. The van der Waals surface area contributed by atoms with Crippen LogP contribution >= 0.6 is 0 Å². The van der Waals surface area contributed by atoms with E-state index in [1.165, 1.54) is 12.8 Å². The van der Waals surface area contributed by atoms with Crippen LogP contribution in [0.1, 0.15) is 32.6 Å². The van der Waals surface area contributed by atoms with Gasteiger partial charge in [0.1, 0.15) is 0 Å². The molecule has 1 aliphatic heterocycles. The smallest absolute Gasteiger partial charge is 0.246 e. The van der Waals surface area contributed by atoms with Crippen molar-refractivity contribution in [2.45, 2.75) is 38.6 Å². The van der Waals surface area contributed by atoms with Gasteiger partial charge in [-0.3, -0.25) is 4.79 Å². The molecule has 1 rings (SSSR count). The fraction of sp³-hybridized carbons (Fsp3) is 0.769. The lowest BCUT2D eigenvalue weighted by atomic mass is 10.00. The molecule has 1 saturated heterocycles. The van der Waals surface area contributed by atoms with E-state index in [4.69, 9.17) is 0 Å². The van der Waals surface area contributed by atoms with Crippen LogP contribution in [0.4, 0.5) is 0 Å². The molecule has 3 heteroatoms. The van der Waals surface area contributed by atoms with E-state index < -0.39 is 0 Å². The number of likely N-dealkylation sites (tertiary alicyclic amines) is 1. The Hall–Kier alpha value is -0.830. The lowest BCUT2D eigenvalue weighted by molar-refractivity contribution is -0.129. The lowest BCUT2D eigenvalue weighted by Gasteiger charge is -2.34. The number of nitrogens with zero attached hydrogens (tertiary/aromatic N) is 2. The fourth-order valence-electron chi connectivity index (χ4n) is 2.18. The predicted molar refractivity (Wildman–Crippen MR) is 67.3 cm³/mol. The van der Waals surface area contributed by atoms with E-state index in [0.717, 1.165) is 25.9 Å². The Kier molecular flexibility index (Phi) is 5.53. The largest absolute Gasteiger partial charge is 0.336 e. The van der Waals surface area contributed by atoms with Crippen molar-refractivity contribution in [3.8, 4) is 0 Å². The molecule has 1 heterocycles. The number of hydrogen-bond donors (Lipinski definition) is 0. The summed E-state index contributed by atoms with van der Waals surface area (Å²) in [6, 6.07) is 0.463. The molecule has 1 unspecified atom stereocenters. The minimum atomic E-state index is 0.188. The van der Waals surface area contributed by atoms with E-state index in [-0.39, 0.29) is 5.91 Å². The van der Waals surface area contributed by atoms with E-state index in [0.29, 0.717) is 6.04 Å². The Morgan fingerprint density at radius 3 is 2.81 bits per heavy atom. The fourth-order valence-corrected chi connectivity index (χ4v) is 2.18. The van der Waals surface area contributed by atoms with Crippen molar-refractivity contribution in [2.75, 3.05) is 27.2 Å². The van der Waals surface area contributed by atoms with E-state index in [1.54, 1.807) is 6.08 Å². The average Bonchev–Trinajstić information content (AvgIpc) is 2.28. The van der Waals surface area contributed by atoms with Gasteiger partial charge in [-0.05, 0) is 39.8 Å². The molecule has 1 aliphatic rings. The number of hydrogen-bond acceptors (Lipinski definition) is 2. The monoisotopic (exact) mass is 224 g/mol. The second-order valence-corrected chi connectivity index (χ2v) is 4.75. The topological polar surface area (TPSA) is 23.6 Å². The molecule has 1 amide bonds. The van der Waals surface area contributed by atoms with Crippen LogP contribution in [0.5, 0.6) is 0 Å². The van der Waals surface area contributed by atoms with Crippen LogP contribution < -0.4 is 0 Å². The lowest BCUT2D eigenvalue weighted by Crippen LogP contribution is -2.42. The first kappa shape index (κ1) is 13.2. The SMILES string of the molecule is CCC1CCCCN1C(=O)/C=C/CN(C)C. The molecule has 1 fully saturated rings. The highest BCUT2D eigenvalue weighted by atomic mass is 16.2. The molecule has 0 radical (unpaired) electrons. The number of amides is 1. The van der Waals surface area contributed by atoms with E-state index in [1.807, 2.05) is 25.1 Å². The minimum absolute atomic E-state index is 0.188. The van der Waals surface area contributed by atoms with Gasteiger partial charge in [0.25, 0.3) is 0 Å².